The Balaban J connectivity index is 1.90. The number of thiazole rings is 1. The number of hydrogen-bond acceptors (Lipinski definition) is 6. The Morgan fingerprint density at radius 1 is 1.36 bits per heavy atom. The third-order valence-electron chi connectivity index (χ3n) is 3.00. The van der Waals surface area contributed by atoms with E-state index in [4.69, 9.17) is 4.74 Å². The summed E-state index contributed by atoms with van der Waals surface area (Å²) in [6.07, 6.45) is 3.44. The van der Waals surface area contributed by atoms with Gasteiger partial charge in [-0.1, -0.05) is 11.3 Å². The van der Waals surface area contributed by atoms with Crippen LogP contribution < -0.4 is 0 Å². The first-order valence-corrected chi connectivity index (χ1v) is 7.30. The normalized spacial score (nSPS) is 10.8. The fourth-order valence-corrected chi connectivity index (χ4v) is 2.95. The van der Waals surface area contributed by atoms with Gasteiger partial charge in [0.1, 0.15) is 0 Å². The Morgan fingerprint density at radius 2 is 2.09 bits per heavy atom. The number of nitro groups is 1. The first-order valence-electron chi connectivity index (χ1n) is 6.49. The molecule has 0 N–H and O–H groups in total. The van der Waals surface area contributed by atoms with Gasteiger partial charge in [0.05, 0.1) is 16.4 Å². The van der Waals surface area contributed by atoms with E-state index in [1.807, 2.05) is 6.20 Å². The molecule has 0 bridgehead atoms. The van der Waals surface area contributed by atoms with Crippen LogP contribution >= 0.6 is 11.3 Å². The summed E-state index contributed by atoms with van der Waals surface area (Å²) in [6.45, 7) is 2.04. The summed E-state index contributed by atoms with van der Waals surface area (Å²) < 4.78 is 6.65. The van der Waals surface area contributed by atoms with Crippen LogP contribution in [0.3, 0.4) is 0 Å². The summed E-state index contributed by atoms with van der Waals surface area (Å²) >= 11 is 1.40. The molecule has 1 aromatic carbocycles. The number of carbonyl (C=O) groups excluding carboxylic acids is 1. The van der Waals surface area contributed by atoms with Crippen molar-refractivity contribution in [1.82, 2.24) is 9.38 Å². The van der Waals surface area contributed by atoms with Crippen molar-refractivity contribution in [1.29, 1.82) is 0 Å². The predicted octanol–water partition coefficient (Wildman–Crippen LogP) is 3.15. The number of hydrogen-bond donors (Lipinski definition) is 0. The molecule has 0 aliphatic rings. The van der Waals surface area contributed by atoms with E-state index in [0.717, 1.165) is 10.4 Å². The number of rotatable bonds is 4. The molecule has 2 aromatic heterocycles. The molecular weight excluding hydrogens is 306 g/mol. The molecule has 7 nitrogen and oxygen atoms in total. The molecule has 112 valence electrons. The van der Waals surface area contributed by atoms with Crippen molar-refractivity contribution in [3.8, 4) is 10.4 Å². The van der Waals surface area contributed by atoms with Gasteiger partial charge in [0.15, 0.2) is 10.7 Å². The molecule has 0 amide bonds. The Bertz CT molecular complexity index is 819. The van der Waals surface area contributed by atoms with E-state index < -0.39 is 10.9 Å². The van der Waals surface area contributed by atoms with Gasteiger partial charge < -0.3 is 4.74 Å². The van der Waals surface area contributed by atoms with Crippen molar-refractivity contribution < 1.29 is 14.5 Å². The van der Waals surface area contributed by atoms with E-state index >= 15 is 0 Å². The van der Waals surface area contributed by atoms with Gasteiger partial charge in [0, 0.05) is 24.5 Å². The minimum Gasteiger partial charge on any atom is -0.461 e. The highest BCUT2D eigenvalue weighted by atomic mass is 32.1. The van der Waals surface area contributed by atoms with E-state index in [2.05, 4.69) is 4.98 Å². The number of imidazole rings is 1. The zero-order chi connectivity index (χ0) is 15.7. The molecule has 0 spiro atoms. The minimum absolute atomic E-state index is 0.0506. The third-order valence-corrected chi connectivity index (χ3v) is 4.05. The summed E-state index contributed by atoms with van der Waals surface area (Å²) in [5.41, 5.74) is 1.18. The van der Waals surface area contributed by atoms with Crippen LogP contribution in [0.15, 0.2) is 36.7 Å². The van der Waals surface area contributed by atoms with Crippen LogP contribution in [-0.4, -0.2) is 26.9 Å². The highest BCUT2D eigenvalue weighted by Crippen LogP contribution is 2.29. The van der Waals surface area contributed by atoms with Crippen molar-refractivity contribution in [2.75, 3.05) is 6.61 Å². The Kier molecular flexibility index (Phi) is 3.60. The molecule has 8 heteroatoms. The van der Waals surface area contributed by atoms with Crippen LogP contribution in [0, 0.1) is 10.1 Å². The smallest absolute Gasteiger partial charge is 0.358 e. The molecule has 0 aliphatic heterocycles. The van der Waals surface area contributed by atoms with Crippen LogP contribution in [0.25, 0.3) is 15.4 Å². The molecule has 0 aliphatic carbocycles. The number of fused-ring (bicyclic) bond motifs is 1. The number of carbonyl (C=O) groups is 1. The number of nitro benzene ring substituents is 1. The van der Waals surface area contributed by atoms with E-state index in [9.17, 15) is 14.9 Å². The third kappa shape index (κ3) is 2.56. The summed E-state index contributed by atoms with van der Waals surface area (Å²) in [4.78, 5) is 27.6. The lowest BCUT2D eigenvalue weighted by atomic mass is 10.2. The first-order chi connectivity index (χ1) is 10.6. The van der Waals surface area contributed by atoms with Crippen molar-refractivity contribution in [3.63, 3.8) is 0 Å². The molecule has 22 heavy (non-hydrogen) atoms. The molecule has 0 unspecified atom stereocenters. The van der Waals surface area contributed by atoms with Crippen molar-refractivity contribution in [2.24, 2.45) is 0 Å². The van der Waals surface area contributed by atoms with E-state index in [-0.39, 0.29) is 11.4 Å². The lowest BCUT2D eigenvalue weighted by molar-refractivity contribution is -0.384. The van der Waals surface area contributed by atoms with E-state index in [0.29, 0.717) is 11.6 Å². The molecule has 3 rings (SSSR count). The van der Waals surface area contributed by atoms with Gasteiger partial charge in [0.2, 0.25) is 0 Å². The van der Waals surface area contributed by atoms with E-state index in [1.54, 1.807) is 29.7 Å². The maximum atomic E-state index is 11.6. The van der Waals surface area contributed by atoms with Crippen LogP contribution in [0.1, 0.15) is 17.4 Å². The minimum atomic E-state index is -0.449. The highest BCUT2D eigenvalue weighted by Gasteiger charge is 2.14. The molecule has 0 radical (unpaired) electrons. The molecule has 0 saturated carbocycles. The average Bonchev–Trinajstić information content (AvgIpc) is 3.06. The number of esters is 1. The molecule has 3 aromatic rings. The summed E-state index contributed by atoms with van der Waals surface area (Å²) in [6, 6.07) is 6.30. The fourth-order valence-electron chi connectivity index (χ4n) is 1.98. The maximum Gasteiger partial charge on any atom is 0.358 e. The first kappa shape index (κ1) is 14.2. The summed E-state index contributed by atoms with van der Waals surface area (Å²) in [7, 11) is 0. The van der Waals surface area contributed by atoms with Crippen molar-refractivity contribution in [3.05, 3.63) is 52.5 Å². The Labute approximate surface area is 128 Å². The second-order valence-electron chi connectivity index (χ2n) is 4.44. The number of nitrogens with zero attached hydrogens (tertiary/aromatic N) is 3. The number of benzene rings is 1. The molecule has 0 saturated heterocycles. The molecule has 0 fully saturated rings. The van der Waals surface area contributed by atoms with Gasteiger partial charge in [-0.2, -0.15) is 0 Å². The largest absolute Gasteiger partial charge is 0.461 e. The number of non-ortho nitro benzene ring substituents is 1. The Morgan fingerprint density at radius 3 is 2.68 bits per heavy atom. The predicted molar refractivity (Wildman–Crippen MR) is 81.1 cm³/mol. The molecular formula is C14H11N3O4S. The van der Waals surface area contributed by atoms with Crippen LogP contribution in [0.4, 0.5) is 5.69 Å². The topological polar surface area (TPSA) is 86.7 Å². The van der Waals surface area contributed by atoms with Crippen LogP contribution in [0.2, 0.25) is 0 Å². The second-order valence-corrected chi connectivity index (χ2v) is 5.44. The van der Waals surface area contributed by atoms with Crippen LogP contribution in [0.5, 0.6) is 0 Å². The van der Waals surface area contributed by atoms with Gasteiger partial charge in [-0.05, 0) is 24.6 Å². The Hall–Kier alpha value is -2.74. The summed E-state index contributed by atoms with van der Waals surface area (Å²) in [5.74, 6) is -0.449. The lowest BCUT2D eigenvalue weighted by Crippen LogP contribution is -2.04. The second kappa shape index (κ2) is 5.57. The van der Waals surface area contributed by atoms with E-state index in [1.165, 1.54) is 23.5 Å². The highest BCUT2D eigenvalue weighted by molar-refractivity contribution is 7.20. The zero-order valence-electron chi connectivity index (χ0n) is 11.6. The van der Waals surface area contributed by atoms with Gasteiger partial charge >= 0.3 is 5.97 Å². The summed E-state index contributed by atoms with van der Waals surface area (Å²) in [5, 5.41) is 10.7. The monoisotopic (exact) mass is 317 g/mol. The molecule has 0 atom stereocenters. The maximum absolute atomic E-state index is 11.6. The van der Waals surface area contributed by atoms with Crippen LogP contribution in [-0.2, 0) is 4.74 Å². The van der Waals surface area contributed by atoms with Crippen molar-refractivity contribution >= 4 is 28.0 Å². The lowest BCUT2D eigenvalue weighted by Gasteiger charge is -1.97. The van der Waals surface area contributed by atoms with Crippen molar-refractivity contribution in [2.45, 2.75) is 6.92 Å². The molecule has 2 heterocycles. The SMILES string of the molecule is CCOC(=O)c1cn2cc(-c3ccc([N+](=O)[O-])cc3)sc2n1. The zero-order valence-corrected chi connectivity index (χ0v) is 12.4. The van der Waals surface area contributed by atoms with Gasteiger partial charge in [0.25, 0.3) is 5.69 Å². The quantitative estimate of drug-likeness (QED) is 0.419. The van der Waals surface area contributed by atoms with Gasteiger partial charge in [-0.3, -0.25) is 14.5 Å². The average molecular weight is 317 g/mol. The standard InChI is InChI=1S/C14H11N3O4S/c1-2-21-13(18)11-7-16-8-12(22-14(16)15-11)9-3-5-10(6-4-9)17(19)20/h3-8H,2H2,1H3. The fraction of sp³-hybridized carbons (Fsp3) is 0.143. The number of ether oxygens (including phenoxy) is 1. The van der Waals surface area contributed by atoms with Gasteiger partial charge in [-0.25, -0.2) is 9.78 Å². The number of aromatic nitrogens is 2. The van der Waals surface area contributed by atoms with Gasteiger partial charge in [-0.15, -0.1) is 0 Å².